The molecule has 0 aromatic heterocycles. The summed E-state index contributed by atoms with van der Waals surface area (Å²) in [4.78, 5) is 11.8. The zero-order valence-corrected chi connectivity index (χ0v) is 18.1. The summed E-state index contributed by atoms with van der Waals surface area (Å²) in [6.07, 6.45) is 2.52. The largest absolute Gasteiger partial charge is 0.462 e. The average Bonchev–Trinajstić information content (AvgIpc) is 3.24. The van der Waals surface area contributed by atoms with Crippen LogP contribution in [0.2, 0.25) is 0 Å². The van der Waals surface area contributed by atoms with Crippen molar-refractivity contribution in [3.05, 3.63) is 0 Å². The van der Waals surface area contributed by atoms with Gasteiger partial charge in [0, 0.05) is 37.2 Å². The third-order valence-electron chi connectivity index (χ3n) is 7.72. The van der Waals surface area contributed by atoms with Gasteiger partial charge in [0.15, 0.2) is 12.6 Å². The van der Waals surface area contributed by atoms with Gasteiger partial charge in [0.05, 0.1) is 24.9 Å². The fraction of sp³-hybridized carbons (Fsp3) is 0.955. The molecule has 0 amide bonds. The minimum absolute atomic E-state index is 0.0114. The number of carbonyl (C=O) groups excluding carboxylic acids is 1. The van der Waals surface area contributed by atoms with Crippen LogP contribution in [0.4, 0.5) is 0 Å². The Balaban J connectivity index is 1.64. The second kappa shape index (κ2) is 8.08. The first-order chi connectivity index (χ1) is 13.8. The van der Waals surface area contributed by atoms with Crippen molar-refractivity contribution in [1.29, 1.82) is 0 Å². The monoisotopic (exact) mass is 412 g/mol. The van der Waals surface area contributed by atoms with Gasteiger partial charge in [0.1, 0.15) is 6.10 Å². The highest BCUT2D eigenvalue weighted by Crippen LogP contribution is 2.65. The zero-order chi connectivity index (χ0) is 20.8. The molecule has 4 rings (SSSR count). The lowest BCUT2D eigenvalue weighted by Gasteiger charge is -2.56. The molecule has 3 heterocycles. The van der Waals surface area contributed by atoms with E-state index in [1.54, 1.807) is 0 Å². The molecule has 0 unspecified atom stereocenters. The van der Waals surface area contributed by atoms with Crippen molar-refractivity contribution in [1.82, 2.24) is 0 Å². The fourth-order valence-corrected chi connectivity index (χ4v) is 6.69. The molecule has 1 spiro atoms. The van der Waals surface area contributed by atoms with Crippen molar-refractivity contribution in [2.75, 3.05) is 19.8 Å². The molecule has 29 heavy (non-hydrogen) atoms. The van der Waals surface area contributed by atoms with Crippen LogP contribution < -0.4 is 0 Å². The van der Waals surface area contributed by atoms with Crippen LogP contribution in [0, 0.1) is 23.2 Å². The summed E-state index contributed by atoms with van der Waals surface area (Å²) >= 11 is 0. The van der Waals surface area contributed by atoms with Crippen molar-refractivity contribution >= 4 is 5.97 Å². The van der Waals surface area contributed by atoms with E-state index in [4.69, 9.17) is 23.7 Å². The molecular formula is C22H36O7. The Morgan fingerprint density at radius 3 is 2.62 bits per heavy atom. The zero-order valence-electron chi connectivity index (χ0n) is 18.1. The van der Waals surface area contributed by atoms with Gasteiger partial charge in [-0.05, 0) is 45.4 Å². The van der Waals surface area contributed by atoms with Crippen molar-refractivity contribution in [3.63, 3.8) is 0 Å². The summed E-state index contributed by atoms with van der Waals surface area (Å²) in [5, 5.41) is 11.4. The van der Waals surface area contributed by atoms with Crippen LogP contribution >= 0.6 is 0 Å². The molecule has 4 fully saturated rings. The van der Waals surface area contributed by atoms with Crippen LogP contribution in [0.5, 0.6) is 0 Å². The topological polar surface area (TPSA) is 83.5 Å². The van der Waals surface area contributed by atoms with Gasteiger partial charge in [-0.15, -0.1) is 0 Å². The van der Waals surface area contributed by atoms with E-state index in [2.05, 4.69) is 20.8 Å². The van der Waals surface area contributed by atoms with Crippen LogP contribution in [0.1, 0.15) is 59.8 Å². The molecule has 7 atom stereocenters. The van der Waals surface area contributed by atoms with Crippen LogP contribution in [0.3, 0.4) is 0 Å². The first-order valence-corrected chi connectivity index (χ1v) is 11.1. The standard InChI is InChI=1S/C22H36O7/c1-13-16(28-14(2)23)12-17-21(3,4)29-20-22(17,8-5-9-27-20)19(13)15(24)6-7-18-25-10-11-26-18/h13,15-20,24H,5-12H2,1-4H3/t13-,15+,16-,17-,19+,20-,22+/m0/s1. The van der Waals surface area contributed by atoms with E-state index >= 15 is 0 Å². The molecule has 0 radical (unpaired) electrons. The van der Waals surface area contributed by atoms with Gasteiger partial charge in [0.25, 0.3) is 0 Å². The molecule has 0 aromatic rings. The third kappa shape index (κ3) is 3.74. The van der Waals surface area contributed by atoms with E-state index in [1.165, 1.54) is 6.92 Å². The molecule has 1 saturated carbocycles. The third-order valence-corrected chi connectivity index (χ3v) is 7.72. The predicted octanol–water partition coefficient (Wildman–Crippen LogP) is 2.64. The summed E-state index contributed by atoms with van der Waals surface area (Å²) in [6.45, 7) is 9.67. The van der Waals surface area contributed by atoms with Crippen molar-refractivity contribution in [3.8, 4) is 0 Å². The number of aliphatic hydroxyl groups excluding tert-OH is 1. The highest BCUT2D eigenvalue weighted by Gasteiger charge is 2.69. The van der Waals surface area contributed by atoms with Crippen molar-refractivity contribution in [2.45, 2.75) is 90.2 Å². The van der Waals surface area contributed by atoms with E-state index in [1.807, 2.05) is 0 Å². The van der Waals surface area contributed by atoms with Gasteiger partial charge in [-0.2, -0.15) is 0 Å². The minimum atomic E-state index is -0.569. The van der Waals surface area contributed by atoms with Gasteiger partial charge >= 0.3 is 5.97 Å². The summed E-state index contributed by atoms with van der Waals surface area (Å²) in [5.74, 6) is -0.192. The quantitative estimate of drug-likeness (QED) is 0.695. The van der Waals surface area contributed by atoms with Crippen molar-refractivity contribution in [2.24, 2.45) is 23.2 Å². The Bertz CT molecular complexity index is 602. The van der Waals surface area contributed by atoms with E-state index in [-0.39, 0.29) is 47.8 Å². The molecule has 7 nitrogen and oxygen atoms in total. The molecule has 3 aliphatic heterocycles. The van der Waals surface area contributed by atoms with E-state index in [0.29, 0.717) is 32.7 Å². The molecule has 7 heteroatoms. The van der Waals surface area contributed by atoms with Gasteiger partial charge in [-0.25, -0.2) is 0 Å². The highest BCUT2D eigenvalue weighted by atomic mass is 16.7. The van der Waals surface area contributed by atoms with Crippen LogP contribution in [0.15, 0.2) is 0 Å². The highest BCUT2D eigenvalue weighted by molar-refractivity contribution is 5.66. The number of hydrogen-bond acceptors (Lipinski definition) is 7. The molecular weight excluding hydrogens is 376 g/mol. The first-order valence-electron chi connectivity index (χ1n) is 11.1. The number of rotatable bonds is 5. The van der Waals surface area contributed by atoms with E-state index in [9.17, 15) is 9.90 Å². The SMILES string of the molecule is CC(=O)O[C@H]1C[C@H]2C(C)(C)O[C@@H]3OCCC[C@@]32[C@@H]([C@H](O)CCC2OCCO2)[C@H]1C. The summed E-state index contributed by atoms with van der Waals surface area (Å²) in [6, 6.07) is 0. The summed E-state index contributed by atoms with van der Waals surface area (Å²) < 4.78 is 29.4. The fourth-order valence-electron chi connectivity index (χ4n) is 6.69. The maximum Gasteiger partial charge on any atom is 0.302 e. The van der Waals surface area contributed by atoms with E-state index in [0.717, 1.165) is 19.3 Å². The summed E-state index contributed by atoms with van der Waals surface area (Å²) in [5.41, 5.74) is -0.669. The maximum atomic E-state index is 11.8. The van der Waals surface area contributed by atoms with Gasteiger partial charge in [0.2, 0.25) is 0 Å². The molecule has 4 aliphatic rings. The Morgan fingerprint density at radius 1 is 1.21 bits per heavy atom. The Kier molecular flexibility index (Phi) is 5.99. The molecule has 0 bridgehead atoms. The molecule has 3 saturated heterocycles. The van der Waals surface area contributed by atoms with Gasteiger partial charge < -0.3 is 28.8 Å². The predicted molar refractivity (Wildman–Crippen MR) is 104 cm³/mol. The van der Waals surface area contributed by atoms with Crippen LogP contribution in [0.25, 0.3) is 0 Å². The second-order valence-electron chi connectivity index (χ2n) is 9.78. The lowest BCUT2D eigenvalue weighted by atomic mass is 9.50. The molecule has 1 N–H and O–H groups in total. The van der Waals surface area contributed by atoms with Crippen LogP contribution in [-0.2, 0) is 28.5 Å². The number of hydrogen-bond donors (Lipinski definition) is 1. The lowest BCUT2D eigenvalue weighted by Crippen LogP contribution is -2.60. The van der Waals surface area contributed by atoms with Gasteiger partial charge in [-0.3, -0.25) is 4.79 Å². The normalized spacial score (nSPS) is 42.9. The van der Waals surface area contributed by atoms with Gasteiger partial charge in [-0.1, -0.05) is 6.92 Å². The maximum absolute atomic E-state index is 11.8. The average molecular weight is 413 g/mol. The number of carbonyl (C=O) groups is 1. The number of ether oxygens (including phenoxy) is 5. The lowest BCUT2D eigenvalue weighted by molar-refractivity contribution is -0.247. The Hall–Kier alpha value is -0.730. The second-order valence-corrected chi connectivity index (χ2v) is 9.78. The number of esters is 1. The Morgan fingerprint density at radius 2 is 1.93 bits per heavy atom. The van der Waals surface area contributed by atoms with Crippen molar-refractivity contribution < 1.29 is 33.6 Å². The minimum Gasteiger partial charge on any atom is -0.462 e. The van der Waals surface area contributed by atoms with Crippen LogP contribution in [-0.4, -0.2) is 61.3 Å². The number of aliphatic hydroxyl groups is 1. The Labute approximate surface area is 173 Å². The smallest absolute Gasteiger partial charge is 0.302 e. The molecule has 166 valence electrons. The molecule has 0 aromatic carbocycles. The molecule has 1 aliphatic carbocycles. The van der Waals surface area contributed by atoms with E-state index < -0.39 is 11.7 Å². The summed E-state index contributed by atoms with van der Waals surface area (Å²) in [7, 11) is 0. The first kappa shape index (κ1) is 21.5.